The smallest absolute Gasteiger partial charge is 0.0418 e. The summed E-state index contributed by atoms with van der Waals surface area (Å²) < 4.78 is 0. The molecular weight excluding hydrogens is 226 g/mol. The number of thioether (sulfide) groups is 1. The van der Waals surface area contributed by atoms with Crippen LogP contribution < -0.4 is 5.32 Å². The predicted octanol–water partition coefficient (Wildman–Crippen LogP) is 3.61. The average molecular weight is 243 g/mol. The number of hydrogen-bond donors (Lipinski definition) is 1. The van der Waals surface area contributed by atoms with Crippen LogP contribution >= 0.6 is 11.8 Å². The molecule has 2 unspecified atom stereocenters. The second-order valence-electron chi connectivity index (χ2n) is 4.67. The molecule has 17 heavy (non-hydrogen) atoms. The second kappa shape index (κ2) is 4.71. The summed E-state index contributed by atoms with van der Waals surface area (Å²) in [5.74, 6) is 1.18. The van der Waals surface area contributed by atoms with Crippen LogP contribution in [0.2, 0.25) is 0 Å². The Hall–Kier alpha value is -0.990. The van der Waals surface area contributed by atoms with Gasteiger partial charge < -0.3 is 5.32 Å². The predicted molar refractivity (Wildman–Crippen MR) is 76.6 cm³/mol. The van der Waals surface area contributed by atoms with Crippen molar-refractivity contribution in [1.82, 2.24) is 5.32 Å². The van der Waals surface area contributed by atoms with Gasteiger partial charge in [-0.2, -0.15) is 11.8 Å². The van der Waals surface area contributed by atoms with Crippen molar-refractivity contribution in [2.45, 2.75) is 18.2 Å². The van der Waals surface area contributed by atoms with E-state index in [1.165, 1.54) is 22.1 Å². The topological polar surface area (TPSA) is 12.0 Å². The van der Waals surface area contributed by atoms with Gasteiger partial charge in [0.05, 0.1) is 0 Å². The number of benzene rings is 2. The normalized spacial score (nSPS) is 25.0. The van der Waals surface area contributed by atoms with Crippen LogP contribution in [0.5, 0.6) is 0 Å². The van der Waals surface area contributed by atoms with Gasteiger partial charge >= 0.3 is 0 Å². The second-order valence-corrected chi connectivity index (χ2v) is 6.14. The zero-order valence-corrected chi connectivity index (χ0v) is 10.8. The molecular formula is C15H17NS. The molecule has 0 spiro atoms. The van der Waals surface area contributed by atoms with Gasteiger partial charge in [-0.15, -0.1) is 0 Å². The van der Waals surface area contributed by atoms with Crippen LogP contribution in [-0.4, -0.2) is 17.5 Å². The molecule has 1 aliphatic rings. The summed E-state index contributed by atoms with van der Waals surface area (Å²) >= 11 is 2.07. The first kappa shape index (κ1) is 11.1. The highest BCUT2D eigenvalue weighted by Gasteiger charge is 2.20. The van der Waals surface area contributed by atoms with Crippen molar-refractivity contribution < 1.29 is 0 Å². The molecule has 0 bridgehead atoms. The first-order valence-corrected chi connectivity index (χ1v) is 7.22. The van der Waals surface area contributed by atoms with Crippen molar-refractivity contribution in [2.75, 3.05) is 12.3 Å². The van der Waals surface area contributed by atoms with Gasteiger partial charge in [0, 0.05) is 23.6 Å². The standard InChI is InChI=1S/C15H17NS/c1-11-9-16-15(10-17-11)14-8-4-6-12-5-2-3-7-13(12)14/h2-8,11,15-16H,9-10H2,1H3. The zero-order chi connectivity index (χ0) is 11.7. The fraction of sp³-hybridized carbons (Fsp3) is 0.333. The van der Waals surface area contributed by atoms with E-state index in [1.807, 2.05) is 0 Å². The van der Waals surface area contributed by atoms with Crippen molar-refractivity contribution in [1.29, 1.82) is 0 Å². The maximum atomic E-state index is 3.66. The van der Waals surface area contributed by atoms with Crippen molar-refractivity contribution >= 4 is 22.5 Å². The minimum Gasteiger partial charge on any atom is -0.308 e. The Bertz CT molecular complexity index is 510. The molecule has 0 amide bonds. The van der Waals surface area contributed by atoms with Crippen LogP contribution in [0.15, 0.2) is 42.5 Å². The highest BCUT2D eigenvalue weighted by molar-refractivity contribution is 8.00. The van der Waals surface area contributed by atoms with E-state index in [4.69, 9.17) is 0 Å². The highest BCUT2D eigenvalue weighted by atomic mass is 32.2. The maximum absolute atomic E-state index is 3.66. The molecule has 2 aromatic carbocycles. The quantitative estimate of drug-likeness (QED) is 0.821. The third kappa shape index (κ3) is 2.20. The fourth-order valence-electron chi connectivity index (χ4n) is 2.44. The van der Waals surface area contributed by atoms with Gasteiger partial charge in [-0.25, -0.2) is 0 Å². The molecule has 0 radical (unpaired) electrons. The lowest BCUT2D eigenvalue weighted by atomic mass is 9.99. The highest BCUT2D eigenvalue weighted by Crippen LogP contribution is 2.30. The minimum absolute atomic E-state index is 0.502. The maximum Gasteiger partial charge on any atom is 0.0418 e. The molecule has 3 rings (SSSR count). The van der Waals surface area contributed by atoms with Crippen LogP contribution in [0.25, 0.3) is 10.8 Å². The van der Waals surface area contributed by atoms with Gasteiger partial charge in [-0.1, -0.05) is 49.4 Å². The van der Waals surface area contributed by atoms with Crippen molar-refractivity contribution in [3.8, 4) is 0 Å². The Kier molecular flexibility index (Phi) is 3.08. The third-order valence-electron chi connectivity index (χ3n) is 3.40. The number of rotatable bonds is 1. The molecule has 0 aliphatic carbocycles. The SMILES string of the molecule is CC1CNC(c2cccc3ccccc23)CS1. The molecule has 88 valence electrons. The molecule has 1 N–H and O–H groups in total. The van der Waals surface area contributed by atoms with E-state index in [-0.39, 0.29) is 0 Å². The fourth-order valence-corrected chi connectivity index (χ4v) is 3.47. The third-order valence-corrected chi connectivity index (χ3v) is 4.66. The largest absolute Gasteiger partial charge is 0.308 e. The monoisotopic (exact) mass is 243 g/mol. The Morgan fingerprint density at radius 1 is 1.12 bits per heavy atom. The summed E-state index contributed by atoms with van der Waals surface area (Å²) in [5.41, 5.74) is 1.45. The van der Waals surface area contributed by atoms with Crippen LogP contribution in [0.4, 0.5) is 0 Å². The van der Waals surface area contributed by atoms with Gasteiger partial charge in [0.1, 0.15) is 0 Å². The van der Waals surface area contributed by atoms with E-state index in [2.05, 4.69) is 66.5 Å². The molecule has 2 heteroatoms. The number of hydrogen-bond acceptors (Lipinski definition) is 2. The van der Waals surface area contributed by atoms with Crippen molar-refractivity contribution in [3.05, 3.63) is 48.0 Å². The van der Waals surface area contributed by atoms with Crippen LogP contribution in [0.3, 0.4) is 0 Å². The summed E-state index contributed by atoms with van der Waals surface area (Å²) in [4.78, 5) is 0. The number of fused-ring (bicyclic) bond motifs is 1. The van der Waals surface area contributed by atoms with Crippen LogP contribution in [0, 0.1) is 0 Å². The molecule has 0 aromatic heterocycles. The van der Waals surface area contributed by atoms with Gasteiger partial charge in [-0.05, 0) is 16.3 Å². The van der Waals surface area contributed by atoms with Gasteiger partial charge in [0.15, 0.2) is 0 Å². The Morgan fingerprint density at radius 3 is 2.76 bits per heavy atom. The van der Waals surface area contributed by atoms with Gasteiger partial charge in [0.25, 0.3) is 0 Å². The first-order chi connectivity index (χ1) is 8.34. The minimum atomic E-state index is 0.502. The summed E-state index contributed by atoms with van der Waals surface area (Å²) in [6.45, 7) is 3.40. The van der Waals surface area contributed by atoms with E-state index in [0.717, 1.165) is 11.8 Å². The van der Waals surface area contributed by atoms with Crippen molar-refractivity contribution in [3.63, 3.8) is 0 Å². The molecule has 1 nitrogen and oxygen atoms in total. The zero-order valence-electron chi connectivity index (χ0n) is 10.0. The summed E-state index contributed by atoms with van der Waals surface area (Å²) in [6, 6.07) is 15.8. The lowest BCUT2D eigenvalue weighted by Crippen LogP contribution is -2.34. The summed E-state index contributed by atoms with van der Waals surface area (Å²) in [6.07, 6.45) is 0. The molecule has 1 fully saturated rings. The molecule has 1 heterocycles. The van der Waals surface area contributed by atoms with Gasteiger partial charge in [0.2, 0.25) is 0 Å². The Balaban J connectivity index is 2.00. The average Bonchev–Trinajstić information content (AvgIpc) is 2.39. The lowest BCUT2D eigenvalue weighted by Gasteiger charge is -2.28. The van der Waals surface area contributed by atoms with E-state index < -0.39 is 0 Å². The van der Waals surface area contributed by atoms with Crippen LogP contribution in [-0.2, 0) is 0 Å². The Labute approximate surface area is 107 Å². The first-order valence-electron chi connectivity index (χ1n) is 6.17. The summed E-state index contributed by atoms with van der Waals surface area (Å²) in [5, 5.41) is 7.13. The lowest BCUT2D eigenvalue weighted by molar-refractivity contribution is 0.567. The molecule has 2 aromatic rings. The summed E-state index contributed by atoms with van der Waals surface area (Å²) in [7, 11) is 0. The van der Waals surface area contributed by atoms with Crippen molar-refractivity contribution in [2.24, 2.45) is 0 Å². The van der Waals surface area contributed by atoms with E-state index >= 15 is 0 Å². The van der Waals surface area contributed by atoms with Gasteiger partial charge in [-0.3, -0.25) is 0 Å². The Morgan fingerprint density at radius 2 is 1.94 bits per heavy atom. The van der Waals surface area contributed by atoms with E-state index in [0.29, 0.717) is 6.04 Å². The molecule has 1 saturated heterocycles. The van der Waals surface area contributed by atoms with E-state index in [9.17, 15) is 0 Å². The number of nitrogens with one attached hydrogen (secondary N) is 1. The molecule has 0 saturated carbocycles. The molecule has 1 aliphatic heterocycles. The molecule has 2 atom stereocenters. The van der Waals surface area contributed by atoms with E-state index in [1.54, 1.807) is 0 Å². The van der Waals surface area contributed by atoms with Crippen LogP contribution in [0.1, 0.15) is 18.5 Å².